The van der Waals surface area contributed by atoms with Crippen molar-refractivity contribution in [2.24, 2.45) is 5.92 Å². The summed E-state index contributed by atoms with van der Waals surface area (Å²) in [5, 5.41) is 9.31. The van der Waals surface area contributed by atoms with Crippen LogP contribution in [-0.4, -0.2) is 18.6 Å². The second-order valence-electron chi connectivity index (χ2n) is 6.08. The molecule has 0 spiro atoms. The molecule has 3 N–H and O–H groups in total. The third-order valence-corrected chi connectivity index (χ3v) is 3.92. The molecule has 2 amide bonds. The molecule has 0 bridgehead atoms. The molecule has 21 heavy (non-hydrogen) atoms. The molecule has 0 heterocycles. The van der Waals surface area contributed by atoms with Gasteiger partial charge in [-0.2, -0.15) is 0 Å². The minimum absolute atomic E-state index is 0.114. The topological polar surface area (TPSA) is 53.2 Å². The van der Waals surface area contributed by atoms with E-state index in [2.05, 4.69) is 42.8 Å². The lowest BCUT2D eigenvalue weighted by Gasteiger charge is -2.16. The Morgan fingerprint density at radius 2 is 2.10 bits per heavy atom. The highest BCUT2D eigenvalue weighted by Gasteiger charge is 2.24. The predicted molar refractivity (Wildman–Crippen MR) is 87.5 cm³/mol. The first kappa shape index (κ1) is 15.8. The Morgan fingerprint density at radius 1 is 1.33 bits per heavy atom. The number of hydrogen-bond donors (Lipinski definition) is 3. The third kappa shape index (κ3) is 5.38. The van der Waals surface area contributed by atoms with Crippen molar-refractivity contribution in [3.63, 3.8) is 0 Å². The van der Waals surface area contributed by atoms with Crippen LogP contribution in [0.15, 0.2) is 24.3 Å². The highest BCUT2D eigenvalue weighted by Crippen LogP contribution is 2.33. The fraction of sp³-hybridized carbons (Fsp3) is 0.588. The van der Waals surface area contributed by atoms with E-state index in [4.69, 9.17) is 0 Å². The maximum Gasteiger partial charge on any atom is 0.319 e. The average molecular weight is 289 g/mol. The molecule has 0 aromatic heterocycles. The quantitative estimate of drug-likeness (QED) is 0.717. The summed E-state index contributed by atoms with van der Waals surface area (Å²) in [6.45, 7) is 7.22. The molecule has 2 atom stereocenters. The van der Waals surface area contributed by atoms with Crippen LogP contribution in [0.3, 0.4) is 0 Å². The first-order valence-corrected chi connectivity index (χ1v) is 7.99. The fourth-order valence-corrected chi connectivity index (χ4v) is 2.61. The Hall–Kier alpha value is -1.55. The molecule has 1 aromatic carbocycles. The summed E-state index contributed by atoms with van der Waals surface area (Å²) >= 11 is 0. The van der Waals surface area contributed by atoms with E-state index < -0.39 is 0 Å². The zero-order valence-corrected chi connectivity index (χ0v) is 13.3. The summed E-state index contributed by atoms with van der Waals surface area (Å²) in [4.78, 5) is 12.0. The summed E-state index contributed by atoms with van der Waals surface area (Å²) in [5.41, 5.74) is 2.02. The van der Waals surface area contributed by atoms with Gasteiger partial charge >= 0.3 is 6.03 Å². The van der Waals surface area contributed by atoms with E-state index >= 15 is 0 Å². The number of urea groups is 1. The van der Waals surface area contributed by atoms with Crippen molar-refractivity contribution < 1.29 is 4.79 Å². The normalized spacial score (nSPS) is 17.1. The molecule has 1 saturated carbocycles. The van der Waals surface area contributed by atoms with Crippen LogP contribution >= 0.6 is 0 Å². The van der Waals surface area contributed by atoms with E-state index in [0.29, 0.717) is 0 Å². The molecule has 116 valence electrons. The molecule has 0 aliphatic heterocycles. The zero-order valence-electron chi connectivity index (χ0n) is 13.3. The first-order chi connectivity index (χ1) is 10.1. The van der Waals surface area contributed by atoms with E-state index in [-0.39, 0.29) is 18.1 Å². The van der Waals surface area contributed by atoms with Gasteiger partial charge in [0.15, 0.2) is 0 Å². The Bertz CT molecular complexity index is 471. The van der Waals surface area contributed by atoms with Gasteiger partial charge in [0.25, 0.3) is 0 Å². The van der Waals surface area contributed by atoms with Crippen molar-refractivity contribution in [3.05, 3.63) is 29.8 Å². The third-order valence-electron chi connectivity index (χ3n) is 3.92. The van der Waals surface area contributed by atoms with E-state index in [1.165, 1.54) is 18.4 Å². The number of hydrogen-bond acceptors (Lipinski definition) is 2. The Kier molecular flexibility index (Phi) is 5.62. The lowest BCUT2D eigenvalue weighted by atomic mass is 10.1. The minimum atomic E-state index is -0.114. The number of benzene rings is 1. The largest absolute Gasteiger partial charge is 0.335 e. The molecule has 1 aliphatic rings. The van der Waals surface area contributed by atoms with Gasteiger partial charge in [-0.3, -0.25) is 0 Å². The van der Waals surface area contributed by atoms with Gasteiger partial charge in [0.2, 0.25) is 0 Å². The van der Waals surface area contributed by atoms with Crippen molar-refractivity contribution in [3.8, 4) is 0 Å². The Balaban J connectivity index is 1.86. The molecule has 0 radical (unpaired) electrons. The summed E-state index contributed by atoms with van der Waals surface area (Å²) in [6.07, 6.45) is 3.72. The van der Waals surface area contributed by atoms with Crippen LogP contribution in [0.4, 0.5) is 10.5 Å². The second kappa shape index (κ2) is 7.46. The van der Waals surface area contributed by atoms with Crippen molar-refractivity contribution in [2.45, 2.75) is 52.1 Å². The average Bonchev–Trinajstić information content (AvgIpc) is 3.22. The fourth-order valence-electron chi connectivity index (χ4n) is 2.61. The van der Waals surface area contributed by atoms with Gasteiger partial charge < -0.3 is 16.0 Å². The molecule has 2 rings (SSSR count). The van der Waals surface area contributed by atoms with Crippen LogP contribution in [0, 0.1) is 5.92 Å². The van der Waals surface area contributed by atoms with Crippen molar-refractivity contribution in [2.75, 3.05) is 11.9 Å². The van der Waals surface area contributed by atoms with Crippen molar-refractivity contribution in [1.82, 2.24) is 10.6 Å². The van der Waals surface area contributed by atoms with Gasteiger partial charge in [0, 0.05) is 17.8 Å². The number of anilines is 1. The van der Waals surface area contributed by atoms with E-state index in [1.807, 2.05) is 18.2 Å². The lowest BCUT2D eigenvalue weighted by molar-refractivity contribution is 0.248. The molecule has 4 nitrogen and oxygen atoms in total. The van der Waals surface area contributed by atoms with Crippen molar-refractivity contribution >= 4 is 11.7 Å². The van der Waals surface area contributed by atoms with Crippen LogP contribution in [0.2, 0.25) is 0 Å². The summed E-state index contributed by atoms with van der Waals surface area (Å²) in [5.74, 6) is 0.824. The minimum Gasteiger partial charge on any atom is -0.335 e. The monoisotopic (exact) mass is 289 g/mol. The van der Waals surface area contributed by atoms with Gasteiger partial charge in [0.1, 0.15) is 0 Å². The second-order valence-corrected chi connectivity index (χ2v) is 6.08. The standard InChI is InChI=1S/C17H27N3O/c1-4-18-13(3)15-6-5-7-16(11-15)20-17(21)19-12(2)10-14-8-9-14/h5-7,11-14,18H,4,8-10H2,1-3H3,(H2,19,20,21). The van der Waals surface area contributed by atoms with E-state index in [0.717, 1.165) is 24.6 Å². The van der Waals surface area contributed by atoms with Crippen LogP contribution in [0.25, 0.3) is 0 Å². The first-order valence-electron chi connectivity index (χ1n) is 7.99. The molecular weight excluding hydrogens is 262 g/mol. The maximum absolute atomic E-state index is 12.0. The van der Waals surface area contributed by atoms with Crippen LogP contribution in [0.5, 0.6) is 0 Å². The predicted octanol–water partition coefficient (Wildman–Crippen LogP) is 3.67. The summed E-state index contributed by atoms with van der Waals surface area (Å²) < 4.78 is 0. The van der Waals surface area contributed by atoms with Crippen molar-refractivity contribution in [1.29, 1.82) is 0 Å². The molecule has 1 aliphatic carbocycles. The van der Waals surface area contributed by atoms with E-state index in [9.17, 15) is 4.79 Å². The number of carbonyl (C=O) groups excluding carboxylic acids is 1. The van der Waals surface area contributed by atoms with Crippen LogP contribution in [-0.2, 0) is 0 Å². The van der Waals surface area contributed by atoms with E-state index in [1.54, 1.807) is 0 Å². The zero-order chi connectivity index (χ0) is 15.2. The van der Waals surface area contributed by atoms with Gasteiger partial charge in [-0.25, -0.2) is 4.79 Å². The summed E-state index contributed by atoms with van der Waals surface area (Å²) in [6, 6.07) is 8.41. The Labute approximate surface area is 127 Å². The Morgan fingerprint density at radius 3 is 2.76 bits per heavy atom. The maximum atomic E-state index is 12.0. The molecule has 1 aromatic rings. The SMILES string of the molecule is CCNC(C)c1cccc(NC(=O)NC(C)CC2CC2)c1. The smallest absolute Gasteiger partial charge is 0.319 e. The van der Waals surface area contributed by atoms with Gasteiger partial charge in [-0.15, -0.1) is 0 Å². The molecule has 0 saturated heterocycles. The number of rotatable bonds is 7. The lowest BCUT2D eigenvalue weighted by Crippen LogP contribution is -2.36. The van der Waals surface area contributed by atoms with Crippen LogP contribution in [0.1, 0.15) is 51.6 Å². The van der Waals surface area contributed by atoms with Gasteiger partial charge in [-0.05, 0) is 50.4 Å². The number of nitrogens with one attached hydrogen (secondary N) is 3. The van der Waals surface area contributed by atoms with Crippen LogP contribution < -0.4 is 16.0 Å². The number of amides is 2. The molecule has 4 heteroatoms. The molecule has 1 fully saturated rings. The highest BCUT2D eigenvalue weighted by atomic mass is 16.2. The number of carbonyl (C=O) groups is 1. The highest BCUT2D eigenvalue weighted by molar-refractivity contribution is 5.89. The van der Waals surface area contributed by atoms with Gasteiger partial charge in [-0.1, -0.05) is 31.9 Å². The molecule has 2 unspecified atom stereocenters. The summed E-state index contributed by atoms with van der Waals surface area (Å²) in [7, 11) is 0. The molecular formula is C17H27N3O. The van der Waals surface area contributed by atoms with Gasteiger partial charge in [0.05, 0.1) is 0 Å².